The summed E-state index contributed by atoms with van der Waals surface area (Å²) in [7, 11) is 0. The van der Waals surface area contributed by atoms with E-state index in [2.05, 4.69) is 0 Å². The molecule has 5 nitrogen and oxygen atoms in total. The third-order valence-electron chi connectivity index (χ3n) is 4.15. The van der Waals surface area contributed by atoms with Crippen LogP contribution in [0.1, 0.15) is 0 Å². The van der Waals surface area contributed by atoms with Crippen LogP contribution >= 0.6 is 46.4 Å². The molecule has 1 aliphatic heterocycles. The fourth-order valence-electron chi connectivity index (χ4n) is 3.02. The molecule has 0 fully saturated rings. The van der Waals surface area contributed by atoms with Gasteiger partial charge >= 0.3 is 17.3 Å². The number of fused-ring (bicyclic) bond motifs is 5. The number of aromatic nitrogens is 3. The molecule has 0 saturated heterocycles. The Morgan fingerprint density at radius 1 is 0.833 bits per heavy atom. The van der Waals surface area contributed by atoms with Crippen molar-refractivity contribution < 1.29 is 8.78 Å². The third kappa shape index (κ3) is 1.37. The Labute approximate surface area is 152 Å². The summed E-state index contributed by atoms with van der Waals surface area (Å²) in [5.41, 5.74) is -2.05. The van der Waals surface area contributed by atoms with Gasteiger partial charge in [0.1, 0.15) is 0 Å². The standard InChI is InChI=1S/C13H5Cl4F2N3O2/c14-7-8(15)12(17)13(18,19)11(7,16)21-9(23)20(10(24)22(12)21)6-4-2-1-3-5-6/h1-5H/t11-,12+. The van der Waals surface area contributed by atoms with E-state index < -0.39 is 37.4 Å². The molecule has 4 rings (SSSR count). The first-order chi connectivity index (χ1) is 11.1. The van der Waals surface area contributed by atoms with Crippen molar-refractivity contribution in [3.05, 3.63) is 61.4 Å². The molecule has 0 spiro atoms. The number of allylic oxidation sites excluding steroid dienone is 2. The van der Waals surface area contributed by atoms with Crippen LogP contribution in [0.5, 0.6) is 0 Å². The van der Waals surface area contributed by atoms with Crippen molar-refractivity contribution in [2.24, 2.45) is 0 Å². The van der Waals surface area contributed by atoms with Crippen molar-refractivity contribution in [3.63, 3.8) is 0 Å². The van der Waals surface area contributed by atoms with Gasteiger partial charge < -0.3 is 0 Å². The van der Waals surface area contributed by atoms with Crippen molar-refractivity contribution in [2.75, 3.05) is 0 Å². The smallest absolute Gasteiger partial charge is 0.245 e. The van der Waals surface area contributed by atoms with Gasteiger partial charge in [-0.25, -0.2) is 14.2 Å². The van der Waals surface area contributed by atoms with Gasteiger partial charge in [0, 0.05) is 0 Å². The number of halogens is 6. The number of rotatable bonds is 1. The highest BCUT2D eigenvalue weighted by Crippen LogP contribution is 2.69. The van der Waals surface area contributed by atoms with Crippen molar-refractivity contribution >= 4 is 46.4 Å². The van der Waals surface area contributed by atoms with E-state index in [1.54, 1.807) is 18.2 Å². The third-order valence-corrected chi connectivity index (χ3v) is 6.54. The Balaban J connectivity index is 2.17. The molecule has 0 saturated carbocycles. The molecule has 11 heteroatoms. The molecule has 2 atom stereocenters. The van der Waals surface area contributed by atoms with Gasteiger partial charge in [-0.05, 0) is 12.1 Å². The minimum Gasteiger partial charge on any atom is -0.245 e. The predicted octanol–water partition coefficient (Wildman–Crippen LogP) is 2.94. The number of nitrogens with zero attached hydrogens (tertiary/aromatic N) is 3. The normalized spacial score (nSPS) is 30.1. The predicted molar refractivity (Wildman–Crippen MR) is 85.6 cm³/mol. The second-order valence-corrected chi connectivity index (χ2v) is 7.16. The van der Waals surface area contributed by atoms with E-state index in [0.29, 0.717) is 13.9 Å². The maximum absolute atomic E-state index is 14.8. The van der Waals surface area contributed by atoms with E-state index >= 15 is 0 Å². The second kappa shape index (κ2) is 4.46. The molecule has 0 amide bonds. The van der Waals surface area contributed by atoms with Crippen molar-refractivity contribution in [1.29, 1.82) is 0 Å². The summed E-state index contributed by atoms with van der Waals surface area (Å²) >= 11 is 23.7. The first-order valence-corrected chi connectivity index (χ1v) is 7.98. The van der Waals surface area contributed by atoms with Crippen molar-refractivity contribution in [2.45, 2.75) is 15.9 Å². The Morgan fingerprint density at radius 2 is 1.25 bits per heavy atom. The molecule has 2 heterocycles. The van der Waals surface area contributed by atoms with E-state index in [0.717, 1.165) is 0 Å². The van der Waals surface area contributed by atoms with Crippen LogP contribution in [0.3, 0.4) is 0 Å². The molecule has 2 aliphatic rings. The fourth-order valence-corrected chi connectivity index (χ4v) is 4.59. The highest BCUT2D eigenvalue weighted by Gasteiger charge is 2.83. The molecule has 0 radical (unpaired) electrons. The van der Waals surface area contributed by atoms with Gasteiger partial charge in [0.05, 0.1) is 15.8 Å². The lowest BCUT2D eigenvalue weighted by atomic mass is 10.1. The summed E-state index contributed by atoms with van der Waals surface area (Å²) in [6, 6.07) is 7.72. The summed E-state index contributed by atoms with van der Waals surface area (Å²) in [4.78, 5) is 19.6. The monoisotopic (exact) mass is 413 g/mol. The molecular weight excluding hydrogens is 410 g/mol. The maximum Gasteiger partial charge on any atom is 0.354 e. The van der Waals surface area contributed by atoms with Crippen LogP contribution < -0.4 is 11.4 Å². The highest BCUT2D eigenvalue weighted by atomic mass is 35.5. The molecular formula is C13H5Cl4F2N3O2. The van der Waals surface area contributed by atoms with Crippen LogP contribution in [0.25, 0.3) is 5.69 Å². The number of hydrogen-bond donors (Lipinski definition) is 0. The molecule has 1 aliphatic carbocycles. The maximum atomic E-state index is 14.8. The average Bonchev–Trinajstić information content (AvgIpc) is 2.93. The zero-order valence-electron chi connectivity index (χ0n) is 11.3. The molecule has 1 aromatic heterocycles. The zero-order valence-corrected chi connectivity index (χ0v) is 14.3. The van der Waals surface area contributed by atoms with Gasteiger partial charge in [-0.1, -0.05) is 64.6 Å². The lowest BCUT2D eigenvalue weighted by Crippen LogP contribution is -2.49. The molecule has 24 heavy (non-hydrogen) atoms. The topological polar surface area (TPSA) is 48.9 Å². The summed E-state index contributed by atoms with van der Waals surface area (Å²) < 4.78 is 30.9. The number of para-hydroxylation sites is 1. The van der Waals surface area contributed by atoms with Crippen molar-refractivity contribution in [3.8, 4) is 5.69 Å². The lowest BCUT2D eigenvalue weighted by molar-refractivity contribution is -0.0565. The molecule has 1 aromatic carbocycles. The van der Waals surface area contributed by atoms with Crippen LogP contribution in [0, 0.1) is 0 Å². The lowest BCUT2D eigenvalue weighted by Gasteiger charge is -2.25. The largest absolute Gasteiger partial charge is 0.354 e. The quantitative estimate of drug-likeness (QED) is 0.673. The van der Waals surface area contributed by atoms with Gasteiger partial charge in [0.15, 0.2) is 0 Å². The minimum atomic E-state index is -3.99. The Morgan fingerprint density at radius 3 is 1.67 bits per heavy atom. The van der Waals surface area contributed by atoms with Gasteiger partial charge in [0.2, 0.25) is 10.00 Å². The van der Waals surface area contributed by atoms with Gasteiger partial charge in [-0.15, -0.1) is 0 Å². The number of alkyl halides is 4. The molecule has 2 bridgehead atoms. The van der Waals surface area contributed by atoms with Crippen LogP contribution in [-0.2, 0) is 10.00 Å². The van der Waals surface area contributed by atoms with Gasteiger partial charge in [-0.3, -0.25) is 0 Å². The van der Waals surface area contributed by atoms with E-state index in [1.807, 2.05) is 0 Å². The first kappa shape index (κ1) is 16.2. The summed E-state index contributed by atoms with van der Waals surface area (Å²) in [6.07, 6.45) is 0. The minimum absolute atomic E-state index is 0.164. The Kier molecular flexibility index (Phi) is 3.01. The SMILES string of the molecule is O=c1n(-c2ccccc2)c(=O)n2n1[C@]1(Cl)C(Cl)=C(Cl)[C@@]2(Cl)C1(F)F. The molecule has 126 valence electrons. The molecule has 0 unspecified atom stereocenters. The van der Waals surface area contributed by atoms with E-state index in [1.165, 1.54) is 12.1 Å². The molecule has 2 aromatic rings. The summed E-state index contributed by atoms with van der Waals surface area (Å²) in [5, 5.41) is -1.39. The van der Waals surface area contributed by atoms with E-state index in [-0.39, 0.29) is 5.69 Å². The van der Waals surface area contributed by atoms with Crippen LogP contribution in [0.15, 0.2) is 50.0 Å². The molecule has 0 N–H and O–H groups in total. The van der Waals surface area contributed by atoms with E-state index in [4.69, 9.17) is 46.4 Å². The fraction of sp³-hybridized carbons (Fsp3) is 0.231. The summed E-state index contributed by atoms with van der Waals surface area (Å²) in [5.74, 6) is -3.99. The Hall–Kier alpha value is -1.28. The number of hydrogen-bond acceptors (Lipinski definition) is 2. The average molecular weight is 415 g/mol. The van der Waals surface area contributed by atoms with E-state index in [9.17, 15) is 18.4 Å². The number of benzene rings is 1. The Bertz CT molecular complexity index is 982. The summed E-state index contributed by atoms with van der Waals surface area (Å²) in [6.45, 7) is 0. The second-order valence-electron chi connectivity index (χ2n) is 5.31. The van der Waals surface area contributed by atoms with Crippen LogP contribution in [0.2, 0.25) is 0 Å². The van der Waals surface area contributed by atoms with Crippen LogP contribution in [-0.4, -0.2) is 19.9 Å². The van der Waals surface area contributed by atoms with Crippen molar-refractivity contribution in [1.82, 2.24) is 13.9 Å². The first-order valence-electron chi connectivity index (χ1n) is 6.47. The van der Waals surface area contributed by atoms with Crippen LogP contribution in [0.4, 0.5) is 8.78 Å². The van der Waals surface area contributed by atoms with Gasteiger partial charge in [-0.2, -0.15) is 18.1 Å². The zero-order chi connectivity index (χ0) is 17.7. The highest BCUT2D eigenvalue weighted by molar-refractivity contribution is 6.50. The van der Waals surface area contributed by atoms with Gasteiger partial charge in [0.25, 0.3) is 0 Å².